The van der Waals surface area contributed by atoms with Crippen molar-refractivity contribution in [3.05, 3.63) is 30.1 Å². The fourth-order valence-electron chi connectivity index (χ4n) is 1.06. The third-order valence-corrected chi connectivity index (χ3v) is 3.74. The maximum Gasteiger partial charge on any atom is 0.131 e. The summed E-state index contributed by atoms with van der Waals surface area (Å²) in [6, 6.07) is 6.13. The first-order valence-corrected chi connectivity index (χ1v) is 6.40. The van der Waals surface area contributed by atoms with Crippen molar-refractivity contribution in [1.29, 1.82) is 0 Å². The van der Waals surface area contributed by atoms with Gasteiger partial charge in [0.2, 0.25) is 0 Å². The van der Waals surface area contributed by atoms with Crippen LogP contribution < -0.4 is 0 Å². The van der Waals surface area contributed by atoms with Crippen LogP contribution >= 0.6 is 61.1 Å². The van der Waals surface area contributed by atoms with Crippen LogP contribution in [0.15, 0.2) is 22.7 Å². The Morgan fingerprint density at radius 1 is 1.00 bits per heavy atom. The second-order valence-electron chi connectivity index (χ2n) is 2.47. The highest BCUT2D eigenvalue weighted by Crippen LogP contribution is 2.25. The molecule has 0 saturated heterocycles. The third kappa shape index (κ3) is 1.96. The van der Waals surface area contributed by atoms with Gasteiger partial charge in [0.05, 0.1) is 0 Å². The van der Waals surface area contributed by atoms with E-state index in [9.17, 15) is 0 Å². The fourth-order valence-corrected chi connectivity index (χ4v) is 2.56. The lowest BCUT2D eigenvalue weighted by Crippen LogP contribution is -1.92. The molecule has 1 heterocycles. The Hall–Kier alpha value is 0.500. The molecule has 0 radical (unpaired) electrons. The zero-order valence-corrected chi connectivity index (χ0v) is 12.2. The first-order chi connectivity index (χ1) is 6.18. The summed E-state index contributed by atoms with van der Waals surface area (Å²) in [7, 11) is 0. The van der Waals surface area contributed by atoms with E-state index < -0.39 is 0 Å². The molecule has 1 aromatic carbocycles. The van der Waals surface area contributed by atoms with Gasteiger partial charge >= 0.3 is 0 Å². The molecule has 0 fully saturated rings. The Morgan fingerprint density at radius 2 is 1.62 bits per heavy atom. The summed E-state index contributed by atoms with van der Waals surface area (Å²) in [5.74, 6) is 0. The van der Waals surface area contributed by atoms with Gasteiger partial charge in [0.15, 0.2) is 0 Å². The minimum atomic E-state index is 0.939. The topological polar surface area (TPSA) is 25.8 Å². The van der Waals surface area contributed by atoms with Crippen LogP contribution in [0.4, 0.5) is 0 Å². The van der Waals surface area contributed by atoms with Gasteiger partial charge < -0.3 is 0 Å². The molecule has 5 heteroatoms. The minimum absolute atomic E-state index is 0.939. The molecule has 0 unspecified atom stereocenters. The number of benzene rings is 1. The van der Waals surface area contributed by atoms with Crippen LogP contribution in [0.2, 0.25) is 0 Å². The molecule has 0 aliphatic heterocycles. The first-order valence-electron chi connectivity index (χ1n) is 3.45. The molecular formula is C8H3BrI2N2. The highest BCUT2D eigenvalue weighted by Gasteiger charge is 2.04. The maximum absolute atomic E-state index is 4.06. The number of fused-ring (bicyclic) bond motifs is 1. The predicted molar refractivity (Wildman–Crippen MR) is 72.7 cm³/mol. The van der Waals surface area contributed by atoms with E-state index in [-0.39, 0.29) is 0 Å². The lowest BCUT2D eigenvalue weighted by Gasteiger charge is -2.01. The molecule has 0 aliphatic carbocycles. The lowest BCUT2D eigenvalue weighted by molar-refractivity contribution is 0.999. The summed E-state index contributed by atoms with van der Waals surface area (Å²) in [6.07, 6.45) is 0. The average molecular weight is 461 g/mol. The van der Waals surface area contributed by atoms with Crippen LogP contribution in [0, 0.1) is 7.40 Å². The largest absolute Gasteiger partial charge is 0.143 e. The zero-order valence-electron chi connectivity index (χ0n) is 6.26. The van der Waals surface area contributed by atoms with Crippen molar-refractivity contribution < 1.29 is 0 Å². The number of halogens is 3. The van der Waals surface area contributed by atoms with Gasteiger partial charge in [-0.2, -0.15) is 0 Å². The third-order valence-electron chi connectivity index (χ3n) is 1.65. The molecule has 2 nitrogen and oxygen atoms in total. The minimum Gasteiger partial charge on any atom is -0.143 e. The zero-order chi connectivity index (χ0) is 9.42. The Morgan fingerprint density at radius 3 is 2.31 bits per heavy atom. The van der Waals surface area contributed by atoms with E-state index in [4.69, 9.17) is 0 Å². The molecule has 1 aromatic heterocycles. The Balaban J connectivity index is 2.92. The molecule has 13 heavy (non-hydrogen) atoms. The van der Waals surface area contributed by atoms with Gasteiger partial charge in [-0.3, -0.25) is 0 Å². The van der Waals surface area contributed by atoms with Crippen LogP contribution in [0.5, 0.6) is 0 Å². The predicted octanol–water partition coefficient (Wildman–Crippen LogP) is 3.60. The summed E-state index contributed by atoms with van der Waals surface area (Å²) in [5.41, 5.74) is 0. The fraction of sp³-hybridized carbons (Fsp3) is 0. The van der Waals surface area contributed by atoms with Gasteiger partial charge in [-0.1, -0.05) is 22.0 Å². The molecule has 2 rings (SSSR count). The summed E-state index contributed by atoms with van der Waals surface area (Å²) in [6.45, 7) is 0. The van der Waals surface area contributed by atoms with Gasteiger partial charge in [-0.25, -0.2) is 0 Å². The second-order valence-corrected chi connectivity index (χ2v) is 5.43. The summed E-state index contributed by atoms with van der Waals surface area (Å²) in [5, 5.41) is 10.4. The standard InChI is InChI=1S/C8H3BrI2N2/c9-4-1-2-5-6(3-4)8(11)13-12-7(5)10/h1-3H. The van der Waals surface area contributed by atoms with Crippen molar-refractivity contribution in [3.63, 3.8) is 0 Å². The quantitative estimate of drug-likeness (QED) is 0.561. The Bertz CT molecular complexity index is 473. The Labute approximate surface area is 111 Å². The van der Waals surface area contributed by atoms with Gasteiger partial charge in [-0.05, 0) is 57.3 Å². The van der Waals surface area contributed by atoms with E-state index in [1.165, 1.54) is 0 Å². The molecule has 0 atom stereocenters. The smallest absolute Gasteiger partial charge is 0.131 e. The summed E-state index contributed by atoms with van der Waals surface area (Å²) >= 11 is 7.83. The van der Waals surface area contributed by atoms with Gasteiger partial charge in [0.25, 0.3) is 0 Å². The van der Waals surface area contributed by atoms with Crippen molar-refractivity contribution in [2.45, 2.75) is 0 Å². The summed E-state index contributed by atoms with van der Waals surface area (Å²) in [4.78, 5) is 0. The molecule has 0 amide bonds. The normalized spacial score (nSPS) is 10.7. The lowest BCUT2D eigenvalue weighted by atomic mass is 10.2. The highest BCUT2D eigenvalue weighted by atomic mass is 127. The van der Waals surface area contributed by atoms with Crippen molar-refractivity contribution in [3.8, 4) is 0 Å². The van der Waals surface area contributed by atoms with E-state index in [2.05, 4.69) is 83.4 Å². The summed E-state index contributed by atoms with van der Waals surface area (Å²) < 4.78 is 2.96. The van der Waals surface area contributed by atoms with Crippen molar-refractivity contribution in [2.75, 3.05) is 0 Å². The number of aromatic nitrogens is 2. The number of hydrogen-bond donors (Lipinski definition) is 0. The molecule has 0 bridgehead atoms. The van der Waals surface area contributed by atoms with Gasteiger partial charge in [0.1, 0.15) is 7.40 Å². The van der Waals surface area contributed by atoms with Crippen LogP contribution in [0.25, 0.3) is 10.8 Å². The van der Waals surface area contributed by atoms with Crippen LogP contribution in [-0.4, -0.2) is 10.2 Å². The maximum atomic E-state index is 4.06. The van der Waals surface area contributed by atoms with E-state index in [1.807, 2.05) is 6.07 Å². The monoisotopic (exact) mass is 460 g/mol. The van der Waals surface area contributed by atoms with Gasteiger partial charge in [-0.15, -0.1) is 10.2 Å². The van der Waals surface area contributed by atoms with Gasteiger partial charge in [0, 0.05) is 15.2 Å². The number of hydrogen-bond acceptors (Lipinski definition) is 2. The van der Waals surface area contributed by atoms with Crippen LogP contribution in [0.1, 0.15) is 0 Å². The van der Waals surface area contributed by atoms with Crippen LogP contribution in [-0.2, 0) is 0 Å². The first kappa shape index (κ1) is 10.0. The number of rotatable bonds is 0. The molecule has 66 valence electrons. The molecule has 2 aromatic rings. The van der Waals surface area contributed by atoms with Crippen molar-refractivity contribution in [1.82, 2.24) is 10.2 Å². The highest BCUT2D eigenvalue weighted by molar-refractivity contribution is 14.1. The van der Waals surface area contributed by atoms with Crippen molar-refractivity contribution >= 4 is 71.9 Å². The van der Waals surface area contributed by atoms with E-state index in [0.717, 1.165) is 22.6 Å². The molecular weight excluding hydrogens is 458 g/mol. The molecule has 0 aliphatic rings. The van der Waals surface area contributed by atoms with E-state index in [1.54, 1.807) is 0 Å². The average Bonchev–Trinajstić information content (AvgIpc) is 2.12. The second kappa shape index (κ2) is 3.93. The number of nitrogens with zero attached hydrogens (tertiary/aromatic N) is 2. The molecule has 0 spiro atoms. The SMILES string of the molecule is Brc1ccc2c(I)nnc(I)c2c1. The van der Waals surface area contributed by atoms with E-state index in [0.29, 0.717) is 0 Å². The van der Waals surface area contributed by atoms with Crippen LogP contribution in [0.3, 0.4) is 0 Å². The van der Waals surface area contributed by atoms with E-state index >= 15 is 0 Å². The van der Waals surface area contributed by atoms with Crippen molar-refractivity contribution in [2.24, 2.45) is 0 Å². The Kier molecular flexibility index (Phi) is 3.04. The molecule has 0 saturated carbocycles. The molecule has 0 N–H and O–H groups in total.